The summed E-state index contributed by atoms with van der Waals surface area (Å²) >= 11 is 0. The highest BCUT2D eigenvalue weighted by Crippen LogP contribution is 2.23. The molecule has 3 heterocycles. The molecule has 7 nitrogen and oxygen atoms in total. The zero-order chi connectivity index (χ0) is 17.8. The molecule has 134 valence electrons. The number of hydrogen-bond acceptors (Lipinski definition) is 5. The van der Waals surface area contributed by atoms with Gasteiger partial charge in [-0.25, -0.2) is 4.98 Å². The minimum atomic E-state index is -0.172. The fraction of sp³-hybridized carbons (Fsp3) is 0.500. The summed E-state index contributed by atoms with van der Waals surface area (Å²) in [4.78, 5) is 21.1. The van der Waals surface area contributed by atoms with Crippen LogP contribution in [0.1, 0.15) is 23.9 Å². The second-order valence-electron chi connectivity index (χ2n) is 6.46. The van der Waals surface area contributed by atoms with Crippen molar-refractivity contribution in [2.45, 2.75) is 18.9 Å². The first kappa shape index (κ1) is 17.4. The molecule has 0 N–H and O–H groups in total. The summed E-state index contributed by atoms with van der Waals surface area (Å²) in [6.07, 6.45) is 2.77. The Balaban J connectivity index is 1.61. The average Bonchev–Trinajstić information content (AvgIpc) is 3.05. The summed E-state index contributed by atoms with van der Waals surface area (Å²) in [5, 5.41) is 4.14. The molecule has 0 unspecified atom stereocenters. The first-order chi connectivity index (χ1) is 12.0. The Morgan fingerprint density at radius 1 is 1.36 bits per heavy atom. The van der Waals surface area contributed by atoms with E-state index in [0.29, 0.717) is 32.5 Å². The number of carbonyl (C=O) groups excluding carboxylic acids is 1. The summed E-state index contributed by atoms with van der Waals surface area (Å²) in [7, 11) is 5.82. The average molecular weight is 343 g/mol. The molecule has 1 amide bonds. The number of hydrogen-bond donors (Lipinski definition) is 0. The predicted octanol–water partition coefficient (Wildman–Crippen LogP) is 1.41. The van der Waals surface area contributed by atoms with E-state index in [4.69, 9.17) is 4.74 Å². The van der Waals surface area contributed by atoms with E-state index in [1.807, 2.05) is 59.9 Å². The van der Waals surface area contributed by atoms with E-state index >= 15 is 0 Å². The van der Waals surface area contributed by atoms with Crippen molar-refractivity contribution in [3.8, 4) is 0 Å². The molecule has 1 fully saturated rings. The number of pyridine rings is 1. The van der Waals surface area contributed by atoms with E-state index in [1.54, 1.807) is 6.20 Å². The quantitative estimate of drug-likeness (QED) is 0.821. The summed E-state index contributed by atoms with van der Waals surface area (Å²) < 4.78 is 7.67. The van der Waals surface area contributed by atoms with E-state index in [9.17, 15) is 4.79 Å². The van der Waals surface area contributed by atoms with Crippen LogP contribution in [-0.2, 0) is 23.0 Å². The molecule has 25 heavy (non-hydrogen) atoms. The number of aryl methyl sites for hydroxylation is 2. The topological polar surface area (TPSA) is 63.5 Å². The normalized spacial score (nSPS) is 17.6. The molecule has 7 heteroatoms. The number of anilines is 1. The third-order valence-electron chi connectivity index (χ3n) is 4.48. The van der Waals surface area contributed by atoms with Gasteiger partial charge in [0.25, 0.3) is 0 Å². The molecule has 1 saturated heterocycles. The maximum atomic E-state index is 12.6. The molecular weight excluding hydrogens is 318 g/mol. The van der Waals surface area contributed by atoms with Crippen molar-refractivity contribution in [2.24, 2.45) is 7.05 Å². The van der Waals surface area contributed by atoms with Crippen molar-refractivity contribution < 1.29 is 9.53 Å². The van der Waals surface area contributed by atoms with Gasteiger partial charge in [0.15, 0.2) is 0 Å². The lowest BCUT2D eigenvalue weighted by Gasteiger charge is -2.33. The van der Waals surface area contributed by atoms with Crippen LogP contribution in [0.5, 0.6) is 0 Å². The standard InChI is InChI=1S/C18H25N5O2/c1-21(2)17-6-4-5-15(20-17)16-13-23(11-12-25-16)18(24)8-7-14-9-10-19-22(14)3/h4-6,9-10,16H,7-8,11-13H2,1-3H3/t16-/m0/s1. The number of amides is 1. The summed E-state index contributed by atoms with van der Waals surface area (Å²) in [6, 6.07) is 7.85. The van der Waals surface area contributed by atoms with Gasteiger partial charge in [-0.15, -0.1) is 0 Å². The Kier molecular flexibility index (Phi) is 5.33. The Morgan fingerprint density at radius 2 is 2.20 bits per heavy atom. The monoisotopic (exact) mass is 343 g/mol. The van der Waals surface area contributed by atoms with Crippen LogP contribution in [0.4, 0.5) is 5.82 Å². The Morgan fingerprint density at radius 3 is 2.92 bits per heavy atom. The third kappa shape index (κ3) is 4.17. The number of morpholine rings is 1. The van der Waals surface area contributed by atoms with Crippen LogP contribution in [0, 0.1) is 0 Å². The lowest BCUT2D eigenvalue weighted by molar-refractivity contribution is -0.139. The number of nitrogens with zero attached hydrogens (tertiary/aromatic N) is 5. The molecule has 0 radical (unpaired) electrons. The largest absolute Gasteiger partial charge is 0.368 e. The first-order valence-corrected chi connectivity index (χ1v) is 8.55. The van der Waals surface area contributed by atoms with Gasteiger partial charge in [0.2, 0.25) is 5.91 Å². The third-order valence-corrected chi connectivity index (χ3v) is 4.48. The lowest BCUT2D eigenvalue weighted by atomic mass is 10.1. The SMILES string of the molecule is CN(C)c1cccc([C@@H]2CN(C(=O)CCc3ccnn3C)CCO2)n1. The van der Waals surface area contributed by atoms with Gasteiger partial charge in [-0.05, 0) is 24.6 Å². The molecule has 0 bridgehead atoms. The number of ether oxygens (including phenoxy) is 1. The molecule has 2 aromatic rings. The van der Waals surface area contributed by atoms with E-state index in [2.05, 4.69) is 10.1 Å². The fourth-order valence-electron chi connectivity index (χ4n) is 2.96. The van der Waals surface area contributed by atoms with E-state index in [1.165, 1.54) is 0 Å². The van der Waals surface area contributed by atoms with Gasteiger partial charge in [-0.1, -0.05) is 6.07 Å². The minimum absolute atomic E-state index is 0.151. The van der Waals surface area contributed by atoms with Crippen LogP contribution in [0.15, 0.2) is 30.5 Å². The Labute approximate surface area is 148 Å². The van der Waals surface area contributed by atoms with E-state index in [0.717, 1.165) is 17.2 Å². The predicted molar refractivity (Wildman–Crippen MR) is 95.4 cm³/mol. The van der Waals surface area contributed by atoms with Crippen molar-refractivity contribution in [1.82, 2.24) is 19.7 Å². The number of rotatable bonds is 5. The molecule has 1 aliphatic rings. The second kappa shape index (κ2) is 7.65. The van der Waals surface area contributed by atoms with Crippen molar-refractivity contribution in [3.63, 3.8) is 0 Å². The van der Waals surface area contributed by atoms with Gasteiger partial charge in [-0.3, -0.25) is 9.48 Å². The van der Waals surface area contributed by atoms with E-state index in [-0.39, 0.29) is 12.0 Å². The van der Waals surface area contributed by atoms with Gasteiger partial charge in [0.1, 0.15) is 11.9 Å². The number of aromatic nitrogens is 3. The van der Waals surface area contributed by atoms with E-state index < -0.39 is 0 Å². The van der Waals surface area contributed by atoms with Crippen LogP contribution < -0.4 is 4.90 Å². The molecule has 1 atom stereocenters. The van der Waals surface area contributed by atoms with Crippen molar-refractivity contribution >= 4 is 11.7 Å². The van der Waals surface area contributed by atoms with Crippen LogP contribution in [0.25, 0.3) is 0 Å². The van der Waals surface area contributed by atoms with Crippen LogP contribution in [-0.4, -0.2) is 59.4 Å². The van der Waals surface area contributed by atoms with Crippen molar-refractivity contribution in [3.05, 3.63) is 41.9 Å². The summed E-state index contributed by atoms with van der Waals surface area (Å²) in [5.41, 5.74) is 1.94. The van der Waals surface area contributed by atoms with Gasteiger partial charge < -0.3 is 14.5 Å². The smallest absolute Gasteiger partial charge is 0.223 e. The zero-order valence-electron chi connectivity index (χ0n) is 15.1. The maximum Gasteiger partial charge on any atom is 0.223 e. The van der Waals surface area contributed by atoms with Crippen LogP contribution >= 0.6 is 0 Å². The summed E-state index contributed by atoms with van der Waals surface area (Å²) in [6.45, 7) is 1.72. The Bertz CT molecular complexity index is 728. The fourth-order valence-corrected chi connectivity index (χ4v) is 2.96. The maximum absolute atomic E-state index is 12.6. The lowest BCUT2D eigenvalue weighted by Crippen LogP contribution is -2.42. The highest BCUT2D eigenvalue weighted by Gasteiger charge is 2.26. The molecule has 0 spiro atoms. The van der Waals surface area contributed by atoms with Crippen molar-refractivity contribution in [1.29, 1.82) is 0 Å². The first-order valence-electron chi connectivity index (χ1n) is 8.55. The Hall–Kier alpha value is -2.41. The molecule has 1 aliphatic heterocycles. The minimum Gasteiger partial charge on any atom is -0.368 e. The van der Waals surface area contributed by atoms with Crippen LogP contribution in [0.3, 0.4) is 0 Å². The highest BCUT2D eigenvalue weighted by molar-refractivity contribution is 5.76. The van der Waals surface area contributed by atoms with Gasteiger partial charge >= 0.3 is 0 Å². The van der Waals surface area contributed by atoms with Gasteiger partial charge in [0.05, 0.1) is 18.8 Å². The van der Waals surface area contributed by atoms with Gasteiger partial charge in [-0.2, -0.15) is 5.10 Å². The number of carbonyl (C=O) groups is 1. The molecule has 0 aromatic carbocycles. The molecule has 2 aromatic heterocycles. The zero-order valence-corrected chi connectivity index (χ0v) is 15.1. The van der Waals surface area contributed by atoms with Gasteiger partial charge in [0, 0.05) is 46.0 Å². The molecular formula is C18H25N5O2. The van der Waals surface area contributed by atoms with Crippen LogP contribution in [0.2, 0.25) is 0 Å². The summed E-state index contributed by atoms with van der Waals surface area (Å²) in [5.74, 6) is 1.04. The molecule has 3 rings (SSSR count). The molecule has 0 aliphatic carbocycles. The second-order valence-corrected chi connectivity index (χ2v) is 6.46. The molecule has 0 saturated carbocycles. The van der Waals surface area contributed by atoms with Crippen molar-refractivity contribution in [2.75, 3.05) is 38.7 Å². The highest BCUT2D eigenvalue weighted by atomic mass is 16.5.